The van der Waals surface area contributed by atoms with Crippen LogP contribution in [0.5, 0.6) is 0 Å². The summed E-state index contributed by atoms with van der Waals surface area (Å²) in [6.07, 6.45) is 5.24. The Morgan fingerprint density at radius 2 is 1.86 bits per heavy atom. The topological polar surface area (TPSA) is 89.3 Å². The highest BCUT2D eigenvalue weighted by Crippen LogP contribution is 2.20. The maximum Gasteiger partial charge on any atom is 0.270 e. The monoisotopic (exact) mass is 302 g/mol. The smallest absolute Gasteiger partial charge is 0.270 e. The van der Waals surface area contributed by atoms with E-state index in [9.17, 15) is 18.5 Å². The maximum absolute atomic E-state index is 12.2. The molecule has 0 atom stereocenters. The van der Waals surface area contributed by atoms with E-state index in [1.807, 2.05) is 0 Å². The lowest BCUT2D eigenvalue weighted by Crippen LogP contribution is -2.13. The Labute approximate surface area is 121 Å². The number of sulfonamides is 1. The number of hydrogen-bond acceptors (Lipinski definition) is 4. The van der Waals surface area contributed by atoms with Crippen LogP contribution in [0.2, 0.25) is 0 Å². The van der Waals surface area contributed by atoms with Gasteiger partial charge in [-0.05, 0) is 24.3 Å². The first-order valence-electron chi connectivity index (χ1n) is 5.76. The van der Waals surface area contributed by atoms with Crippen molar-refractivity contribution < 1.29 is 13.3 Å². The predicted octanol–water partition coefficient (Wildman–Crippen LogP) is 2.38. The van der Waals surface area contributed by atoms with E-state index in [2.05, 4.69) is 10.6 Å². The van der Waals surface area contributed by atoms with Gasteiger partial charge in [0, 0.05) is 17.7 Å². The summed E-state index contributed by atoms with van der Waals surface area (Å²) in [5.41, 5.74) is 0.515. The van der Waals surface area contributed by atoms with Crippen LogP contribution < -0.4 is 4.72 Å². The van der Waals surface area contributed by atoms with Crippen LogP contribution in [0.15, 0.2) is 53.4 Å². The van der Waals surface area contributed by atoms with E-state index in [1.54, 1.807) is 12.1 Å². The minimum atomic E-state index is -3.92. The van der Waals surface area contributed by atoms with Crippen LogP contribution in [0.4, 0.5) is 11.4 Å². The number of nitrogens with one attached hydrogen (secondary N) is 1. The van der Waals surface area contributed by atoms with Gasteiger partial charge < -0.3 is 0 Å². The lowest BCUT2D eigenvalue weighted by atomic mass is 10.2. The molecule has 0 amide bonds. The van der Waals surface area contributed by atoms with E-state index in [0.29, 0.717) is 5.56 Å². The van der Waals surface area contributed by atoms with E-state index in [0.717, 1.165) is 6.07 Å². The van der Waals surface area contributed by atoms with Crippen molar-refractivity contribution in [3.05, 3.63) is 64.2 Å². The number of benzene rings is 2. The van der Waals surface area contributed by atoms with Gasteiger partial charge in [-0.2, -0.15) is 0 Å². The van der Waals surface area contributed by atoms with Gasteiger partial charge in [-0.1, -0.05) is 18.1 Å². The van der Waals surface area contributed by atoms with Gasteiger partial charge >= 0.3 is 0 Å². The highest BCUT2D eigenvalue weighted by atomic mass is 32.2. The number of non-ortho nitro benzene ring substituents is 1. The highest BCUT2D eigenvalue weighted by molar-refractivity contribution is 7.92. The molecule has 0 radical (unpaired) electrons. The number of nitro benzene ring substituents is 1. The number of rotatable bonds is 4. The van der Waals surface area contributed by atoms with Crippen LogP contribution in [0.25, 0.3) is 0 Å². The third kappa shape index (κ3) is 3.38. The minimum Gasteiger partial charge on any atom is -0.280 e. The number of nitro groups is 1. The quantitative estimate of drug-likeness (QED) is 0.533. The van der Waals surface area contributed by atoms with Crippen molar-refractivity contribution in [1.82, 2.24) is 0 Å². The summed E-state index contributed by atoms with van der Waals surface area (Å²) in [5.74, 6) is 2.39. The number of terminal acetylenes is 1. The van der Waals surface area contributed by atoms with Crippen molar-refractivity contribution in [3.8, 4) is 12.3 Å². The second-order valence-electron chi connectivity index (χ2n) is 4.09. The van der Waals surface area contributed by atoms with Crippen molar-refractivity contribution in [1.29, 1.82) is 0 Å². The molecule has 7 heteroatoms. The third-order valence-corrected chi connectivity index (χ3v) is 4.00. The molecule has 6 nitrogen and oxygen atoms in total. The highest BCUT2D eigenvalue weighted by Gasteiger charge is 2.17. The average Bonchev–Trinajstić information content (AvgIpc) is 2.47. The van der Waals surface area contributed by atoms with Gasteiger partial charge in [0.15, 0.2) is 0 Å². The second-order valence-corrected chi connectivity index (χ2v) is 5.77. The summed E-state index contributed by atoms with van der Waals surface area (Å²) < 4.78 is 26.7. The van der Waals surface area contributed by atoms with Crippen LogP contribution >= 0.6 is 0 Å². The van der Waals surface area contributed by atoms with Crippen molar-refractivity contribution in [2.75, 3.05) is 4.72 Å². The van der Waals surface area contributed by atoms with Crippen LogP contribution in [0.3, 0.4) is 0 Å². The van der Waals surface area contributed by atoms with Crippen molar-refractivity contribution in [2.45, 2.75) is 4.90 Å². The Kier molecular flexibility index (Phi) is 3.91. The van der Waals surface area contributed by atoms with E-state index in [-0.39, 0.29) is 16.3 Å². The molecule has 21 heavy (non-hydrogen) atoms. The standard InChI is InChI=1S/C14H10N2O4S/c1-2-11-5-3-6-12(9-11)15-21(19,20)14-8-4-7-13(10-14)16(17)18/h1,3-10,15H. The minimum absolute atomic E-state index is 0.192. The Bertz CT molecular complexity index is 838. The summed E-state index contributed by atoms with van der Waals surface area (Å²) >= 11 is 0. The largest absolute Gasteiger partial charge is 0.280 e. The fourth-order valence-electron chi connectivity index (χ4n) is 1.65. The van der Waals surface area contributed by atoms with Crippen LogP contribution in [0, 0.1) is 22.5 Å². The lowest BCUT2D eigenvalue weighted by Gasteiger charge is -2.08. The fourth-order valence-corrected chi connectivity index (χ4v) is 2.74. The molecule has 0 saturated carbocycles. The van der Waals surface area contributed by atoms with Gasteiger partial charge in [-0.3, -0.25) is 14.8 Å². The van der Waals surface area contributed by atoms with Gasteiger partial charge in [-0.15, -0.1) is 6.42 Å². The first-order valence-corrected chi connectivity index (χ1v) is 7.24. The molecular formula is C14H10N2O4S. The Hall–Kier alpha value is -2.85. The normalized spacial score (nSPS) is 10.6. The molecule has 0 aliphatic carbocycles. The molecule has 0 unspecified atom stereocenters. The maximum atomic E-state index is 12.2. The zero-order valence-electron chi connectivity index (χ0n) is 10.7. The fraction of sp³-hybridized carbons (Fsp3) is 0. The summed E-state index contributed by atoms with van der Waals surface area (Å²) in [7, 11) is -3.92. The molecule has 2 aromatic carbocycles. The van der Waals surface area contributed by atoms with Crippen LogP contribution in [-0.4, -0.2) is 13.3 Å². The molecule has 1 N–H and O–H groups in total. The molecule has 2 rings (SSSR count). The summed E-state index contributed by atoms with van der Waals surface area (Å²) in [5, 5.41) is 10.7. The number of nitrogens with zero attached hydrogens (tertiary/aromatic N) is 1. The van der Waals surface area contributed by atoms with Crippen LogP contribution in [0.1, 0.15) is 5.56 Å². The third-order valence-electron chi connectivity index (χ3n) is 2.62. The number of hydrogen-bond donors (Lipinski definition) is 1. The number of anilines is 1. The van der Waals surface area contributed by atoms with Gasteiger partial charge in [0.25, 0.3) is 15.7 Å². The SMILES string of the molecule is C#Cc1cccc(NS(=O)(=O)c2cccc([N+](=O)[O-])c2)c1. The second kappa shape index (κ2) is 5.64. The Morgan fingerprint density at radius 3 is 2.52 bits per heavy atom. The average molecular weight is 302 g/mol. The van der Waals surface area contributed by atoms with Crippen molar-refractivity contribution >= 4 is 21.4 Å². The van der Waals surface area contributed by atoms with E-state index in [4.69, 9.17) is 6.42 Å². The zero-order valence-corrected chi connectivity index (χ0v) is 11.5. The van der Waals surface area contributed by atoms with Gasteiger partial charge in [0.2, 0.25) is 0 Å². The van der Waals surface area contributed by atoms with Crippen LogP contribution in [-0.2, 0) is 10.0 Å². The van der Waals surface area contributed by atoms with E-state index in [1.165, 1.54) is 30.3 Å². The Morgan fingerprint density at radius 1 is 1.14 bits per heavy atom. The van der Waals surface area contributed by atoms with Crippen molar-refractivity contribution in [3.63, 3.8) is 0 Å². The zero-order chi connectivity index (χ0) is 15.5. The Balaban J connectivity index is 2.36. The molecule has 2 aromatic rings. The lowest BCUT2D eigenvalue weighted by molar-refractivity contribution is -0.385. The van der Waals surface area contributed by atoms with Gasteiger partial charge in [0.05, 0.1) is 15.5 Å². The summed E-state index contributed by atoms with van der Waals surface area (Å²) in [4.78, 5) is 9.84. The molecule has 0 heterocycles. The molecule has 106 valence electrons. The molecule has 0 aliphatic heterocycles. The molecule has 0 spiro atoms. The summed E-state index contributed by atoms with van der Waals surface area (Å²) in [6, 6.07) is 11.1. The van der Waals surface area contributed by atoms with E-state index >= 15 is 0 Å². The first-order chi connectivity index (χ1) is 9.92. The predicted molar refractivity (Wildman–Crippen MR) is 78.3 cm³/mol. The first kappa shape index (κ1) is 14.6. The molecule has 0 fully saturated rings. The van der Waals surface area contributed by atoms with Crippen molar-refractivity contribution in [2.24, 2.45) is 0 Å². The van der Waals surface area contributed by atoms with Gasteiger partial charge in [-0.25, -0.2) is 8.42 Å². The summed E-state index contributed by atoms with van der Waals surface area (Å²) in [6.45, 7) is 0. The van der Waals surface area contributed by atoms with E-state index < -0.39 is 14.9 Å². The molecule has 0 bridgehead atoms. The molecule has 0 aliphatic rings. The van der Waals surface area contributed by atoms with Gasteiger partial charge in [0.1, 0.15) is 0 Å². The molecule has 0 saturated heterocycles. The molecular weight excluding hydrogens is 292 g/mol. The molecule has 0 aromatic heterocycles.